The van der Waals surface area contributed by atoms with Crippen LogP contribution in [0.2, 0.25) is 0 Å². The van der Waals surface area contributed by atoms with Gasteiger partial charge in [0.1, 0.15) is 25.5 Å². The standard InChI is InChI=1S/C18H19NO4/c1-14-7-5-6-10-16(14)22-11-12-23-17(20)13-19-18(21)15-8-3-2-4-9-15/h2-10H,11-13H2,1H3,(H,19,21). The molecule has 0 aromatic heterocycles. The first kappa shape index (κ1) is 16.5. The van der Waals surface area contributed by atoms with Gasteiger partial charge in [0.05, 0.1) is 0 Å². The molecule has 0 aliphatic carbocycles. The maximum absolute atomic E-state index is 11.8. The molecule has 0 bridgehead atoms. The lowest BCUT2D eigenvalue weighted by molar-refractivity contribution is -0.143. The number of aryl methyl sites for hydroxylation is 1. The Morgan fingerprint density at radius 1 is 0.957 bits per heavy atom. The molecule has 120 valence electrons. The fraction of sp³-hybridized carbons (Fsp3) is 0.222. The molecule has 2 rings (SSSR count). The molecule has 0 aliphatic rings. The number of esters is 1. The zero-order valence-electron chi connectivity index (χ0n) is 13.0. The number of hydrogen-bond donors (Lipinski definition) is 1. The van der Waals surface area contributed by atoms with E-state index in [0.717, 1.165) is 11.3 Å². The van der Waals surface area contributed by atoms with Crippen LogP contribution in [0.25, 0.3) is 0 Å². The molecule has 0 heterocycles. The summed E-state index contributed by atoms with van der Waals surface area (Å²) in [6, 6.07) is 16.3. The van der Waals surface area contributed by atoms with Gasteiger partial charge in [0.25, 0.3) is 5.91 Å². The van der Waals surface area contributed by atoms with E-state index in [4.69, 9.17) is 9.47 Å². The molecule has 2 aromatic rings. The quantitative estimate of drug-likeness (QED) is 0.629. The minimum atomic E-state index is -0.498. The van der Waals surface area contributed by atoms with Crippen LogP contribution in [-0.2, 0) is 9.53 Å². The zero-order valence-corrected chi connectivity index (χ0v) is 13.0. The normalized spacial score (nSPS) is 9.96. The van der Waals surface area contributed by atoms with Crippen molar-refractivity contribution in [3.05, 3.63) is 65.7 Å². The van der Waals surface area contributed by atoms with E-state index in [1.807, 2.05) is 37.3 Å². The van der Waals surface area contributed by atoms with Crippen LogP contribution in [0.3, 0.4) is 0 Å². The summed E-state index contributed by atoms with van der Waals surface area (Å²) >= 11 is 0. The molecular formula is C18H19NO4. The lowest BCUT2D eigenvalue weighted by atomic mass is 10.2. The Morgan fingerprint density at radius 2 is 1.65 bits per heavy atom. The van der Waals surface area contributed by atoms with Crippen molar-refractivity contribution in [1.82, 2.24) is 5.32 Å². The first-order valence-corrected chi connectivity index (χ1v) is 7.34. The van der Waals surface area contributed by atoms with E-state index in [0.29, 0.717) is 5.56 Å². The van der Waals surface area contributed by atoms with Crippen LogP contribution in [0.1, 0.15) is 15.9 Å². The van der Waals surface area contributed by atoms with E-state index < -0.39 is 5.97 Å². The highest BCUT2D eigenvalue weighted by molar-refractivity contribution is 5.95. The Hall–Kier alpha value is -2.82. The Bertz CT molecular complexity index is 655. The molecular weight excluding hydrogens is 294 g/mol. The van der Waals surface area contributed by atoms with Crippen LogP contribution in [0.4, 0.5) is 0 Å². The van der Waals surface area contributed by atoms with Gasteiger partial charge in [-0.3, -0.25) is 9.59 Å². The van der Waals surface area contributed by atoms with Crippen molar-refractivity contribution in [3.63, 3.8) is 0 Å². The summed E-state index contributed by atoms with van der Waals surface area (Å²) in [5.41, 5.74) is 1.53. The number of rotatable bonds is 7. The van der Waals surface area contributed by atoms with E-state index in [-0.39, 0.29) is 25.7 Å². The molecule has 23 heavy (non-hydrogen) atoms. The summed E-state index contributed by atoms with van der Waals surface area (Å²) < 4.78 is 10.5. The average molecular weight is 313 g/mol. The highest BCUT2D eigenvalue weighted by atomic mass is 16.6. The lowest BCUT2D eigenvalue weighted by Gasteiger charge is -2.09. The van der Waals surface area contributed by atoms with Gasteiger partial charge in [-0.1, -0.05) is 36.4 Å². The Labute approximate surface area is 135 Å². The monoisotopic (exact) mass is 313 g/mol. The van der Waals surface area contributed by atoms with E-state index in [1.165, 1.54) is 0 Å². The third kappa shape index (κ3) is 5.47. The summed E-state index contributed by atoms with van der Waals surface area (Å²) in [7, 11) is 0. The van der Waals surface area contributed by atoms with Crippen molar-refractivity contribution in [3.8, 4) is 5.75 Å². The third-order valence-electron chi connectivity index (χ3n) is 3.13. The van der Waals surface area contributed by atoms with Crippen molar-refractivity contribution in [2.75, 3.05) is 19.8 Å². The summed E-state index contributed by atoms with van der Waals surface area (Å²) in [6.07, 6.45) is 0. The Morgan fingerprint density at radius 3 is 2.39 bits per heavy atom. The second kappa shape index (κ2) is 8.58. The van der Waals surface area contributed by atoms with Gasteiger partial charge in [-0.25, -0.2) is 0 Å². The summed E-state index contributed by atoms with van der Waals surface area (Å²) in [4.78, 5) is 23.3. The predicted molar refractivity (Wildman–Crippen MR) is 86.4 cm³/mol. The second-order valence-electron chi connectivity index (χ2n) is 4.88. The van der Waals surface area contributed by atoms with Crippen LogP contribution in [0, 0.1) is 6.92 Å². The van der Waals surface area contributed by atoms with Crippen LogP contribution < -0.4 is 10.1 Å². The van der Waals surface area contributed by atoms with Crippen molar-refractivity contribution >= 4 is 11.9 Å². The molecule has 0 saturated carbocycles. The molecule has 0 saturated heterocycles. The molecule has 5 heteroatoms. The summed E-state index contributed by atoms with van der Waals surface area (Å²) in [5.74, 6) is -0.0395. The fourth-order valence-electron chi connectivity index (χ4n) is 1.92. The van der Waals surface area contributed by atoms with Crippen LogP contribution in [0.5, 0.6) is 5.75 Å². The van der Waals surface area contributed by atoms with E-state index in [9.17, 15) is 9.59 Å². The van der Waals surface area contributed by atoms with Gasteiger partial charge in [0.2, 0.25) is 0 Å². The molecule has 0 fully saturated rings. The molecule has 1 N–H and O–H groups in total. The molecule has 5 nitrogen and oxygen atoms in total. The van der Waals surface area contributed by atoms with Crippen LogP contribution >= 0.6 is 0 Å². The highest BCUT2D eigenvalue weighted by Gasteiger charge is 2.08. The first-order valence-electron chi connectivity index (χ1n) is 7.34. The van der Waals surface area contributed by atoms with E-state index >= 15 is 0 Å². The number of amides is 1. The molecule has 0 radical (unpaired) electrons. The summed E-state index contributed by atoms with van der Waals surface area (Å²) in [6.45, 7) is 2.18. The van der Waals surface area contributed by atoms with E-state index in [2.05, 4.69) is 5.32 Å². The molecule has 1 amide bonds. The Balaban J connectivity index is 1.64. The van der Waals surface area contributed by atoms with Crippen molar-refractivity contribution < 1.29 is 19.1 Å². The topological polar surface area (TPSA) is 64.6 Å². The SMILES string of the molecule is Cc1ccccc1OCCOC(=O)CNC(=O)c1ccccc1. The van der Waals surface area contributed by atoms with Crippen molar-refractivity contribution in [2.45, 2.75) is 6.92 Å². The lowest BCUT2D eigenvalue weighted by Crippen LogP contribution is -2.31. The van der Waals surface area contributed by atoms with Gasteiger partial charge < -0.3 is 14.8 Å². The van der Waals surface area contributed by atoms with Gasteiger partial charge in [-0.15, -0.1) is 0 Å². The summed E-state index contributed by atoms with van der Waals surface area (Å²) in [5, 5.41) is 2.51. The van der Waals surface area contributed by atoms with Crippen molar-refractivity contribution in [1.29, 1.82) is 0 Å². The largest absolute Gasteiger partial charge is 0.490 e. The molecule has 2 aromatic carbocycles. The zero-order chi connectivity index (χ0) is 16.5. The maximum atomic E-state index is 11.8. The average Bonchev–Trinajstić information content (AvgIpc) is 2.59. The van der Waals surface area contributed by atoms with Crippen LogP contribution in [0.15, 0.2) is 54.6 Å². The molecule has 0 unspecified atom stereocenters. The number of carbonyl (C=O) groups excluding carboxylic acids is 2. The predicted octanol–water partition coefficient (Wildman–Crippen LogP) is 2.35. The third-order valence-corrected chi connectivity index (χ3v) is 3.13. The number of benzene rings is 2. The number of ether oxygens (including phenoxy) is 2. The van der Waals surface area contributed by atoms with E-state index in [1.54, 1.807) is 24.3 Å². The fourth-order valence-corrected chi connectivity index (χ4v) is 1.92. The van der Waals surface area contributed by atoms with Crippen molar-refractivity contribution in [2.24, 2.45) is 0 Å². The molecule has 0 spiro atoms. The molecule has 0 atom stereocenters. The van der Waals surface area contributed by atoms with Gasteiger partial charge in [0, 0.05) is 5.56 Å². The van der Waals surface area contributed by atoms with Gasteiger partial charge >= 0.3 is 5.97 Å². The highest BCUT2D eigenvalue weighted by Crippen LogP contribution is 2.15. The smallest absolute Gasteiger partial charge is 0.325 e. The van der Waals surface area contributed by atoms with Crippen LogP contribution in [-0.4, -0.2) is 31.6 Å². The van der Waals surface area contributed by atoms with Gasteiger partial charge in [-0.2, -0.15) is 0 Å². The first-order chi connectivity index (χ1) is 11.2. The number of hydrogen-bond acceptors (Lipinski definition) is 4. The minimum absolute atomic E-state index is 0.133. The number of nitrogens with one attached hydrogen (secondary N) is 1. The minimum Gasteiger partial charge on any atom is -0.490 e. The maximum Gasteiger partial charge on any atom is 0.325 e. The second-order valence-corrected chi connectivity index (χ2v) is 4.88. The Kier molecular flexibility index (Phi) is 6.17. The molecule has 0 aliphatic heterocycles. The number of carbonyl (C=O) groups is 2. The van der Waals surface area contributed by atoms with Gasteiger partial charge in [0.15, 0.2) is 0 Å². The van der Waals surface area contributed by atoms with Gasteiger partial charge in [-0.05, 0) is 30.7 Å². The number of para-hydroxylation sites is 1.